The number of amides is 1. The Bertz CT molecular complexity index is 352. The molecule has 0 heterocycles. The predicted molar refractivity (Wildman–Crippen MR) is 69.5 cm³/mol. The van der Waals surface area contributed by atoms with Gasteiger partial charge in [-0.15, -0.1) is 0 Å². The van der Waals surface area contributed by atoms with Crippen LogP contribution in [0, 0.1) is 20.8 Å². The lowest BCUT2D eigenvalue weighted by Gasteiger charge is -2.08. The Kier molecular flexibility index (Phi) is 6.47. The number of carbonyl (C=O) groups excluding carboxylic acids is 1. The summed E-state index contributed by atoms with van der Waals surface area (Å²) in [5.74, 6) is -0.333. The van der Waals surface area contributed by atoms with E-state index in [4.69, 9.17) is 0 Å². The van der Waals surface area contributed by atoms with Crippen molar-refractivity contribution in [2.24, 2.45) is 5.73 Å². The zero-order valence-corrected chi connectivity index (χ0v) is 11.1. The standard InChI is InChI=1S/C12H18.C2H5NO/c1-5-6-12-8-10(3)9(2)7-11(12)4;1-2(3)4/h7-8H,5-6H2,1-4H3;1H3,(H2,3,4). The highest BCUT2D eigenvalue weighted by atomic mass is 16.1. The number of hydrogen-bond acceptors (Lipinski definition) is 1. The quantitative estimate of drug-likeness (QED) is 0.819. The van der Waals surface area contributed by atoms with Crippen molar-refractivity contribution in [3.05, 3.63) is 34.4 Å². The largest absolute Gasteiger partial charge is 0.370 e. The van der Waals surface area contributed by atoms with Gasteiger partial charge in [0, 0.05) is 6.92 Å². The molecule has 1 amide bonds. The van der Waals surface area contributed by atoms with E-state index in [-0.39, 0.29) is 5.91 Å². The lowest BCUT2D eigenvalue weighted by Crippen LogP contribution is -2.01. The minimum absolute atomic E-state index is 0.333. The molecule has 0 saturated heterocycles. The van der Waals surface area contributed by atoms with Gasteiger partial charge in [0.25, 0.3) is 0 Å². The molecular weight excluding hydrogens is 198 g/mol. The van der Waals surface area contributed by atoms with Crippen molar-refractivity contribution in [1.29, 1.82) is 0 Å². The Hall–Kier alpha value is -1.31. The van der Waals surface area contributed by atoms with Gasteiger partial charge in [-0.1, -0.05) is 25.5 Å². The summed E-state index contributed by atoms with van der Waals surface area (Å²) in [6.45, 7) is 10.1. The van der Waals surface area contributed by atoms with E-state index < -0.39 is 0 Å². The van der Waals surface area contributed by atoms with Crippen molar-refractivity contribution in [3.8, 4) is 0 Å². The van der Waals surface area contributed by atoms with Crippen LogP contribution in [0.25, 0.3) is 0 Å². The topological polar surface area (TPSA) is 43.1 Å². The van der Waals surface area contributed by atoms with Crippen LogP contribution in [-0.4, -0.2) is 5.91 Å². The molecule has 0 aromatic heterocycles. The second kappa shape index (κ2) is 7.04. The van der Waals surface area contributed by atoms with Gasteiger partial charge in [0.15, 0.2) is 0 Å². The van der Waals surface area contributed by atoms with Gasteiger partial charge < -0.3 is 5.73 Å². The molecule has 2 nitrogen and oxygen atoms in total. The van der Waals surface area contributed by atoms with Gasteiger partial charge in [-0.25, -0.2) is 0 Å². The van der Waals surface area contributed by atoms with E-state index in [1.165, 1.54) is 42.0 Å². The van der Waals surface area contributed by atoms with E-state index in [2.05, 4.69) is 45.6 Å². The number of rotatable bonds is 2. The average molecular weight is 221 g/mol. The number of hydrogen-bond donors (Lipinski definition) is 1. The van der Waals surface area contributed by atoms with Crippen molar-refractivity contribution < 1.29 is 4.79 Å². The first-order valence-corrected chi connectivity index (χ1v) is 5.71. The van der Waals surface area contributed by atoms with E-state index in [0.29, 0.717) is 0 Å². The first-order chi connectivity index (χ1) is 7.38. The molecule has 1 rings (SSSR count). The zero-order valence-electron chi connectivity index (χ0n) is 11.1. The predicted octanol–water partition coefficient (Wildman–Crippen LogP) is 3.06. The van der Waals surface area contributed by atoms with E-state index in [1.807, 2.05) is 0 Å². The van der Waals surface area contributed by atoms with Crippen molar-refractivity contribution in [1.82, 2.24) is 0 Å². The lowest BCUT2D eigenvalue weighted by atomic mass is 9.98. The maximum atomic E-state index is 9.22. The first-order valence-electron chi connectivity index (χ1n) is 5.71. The Labute approximate surface area is 98.9 Å². The third kappa shape index (κ3) is 5.54. The summed E-state index contributed by atoms with van der Waals surface area (Å²) in [5.41, 5.74) is 10.3. The van der Waals surface area contributed by atoms with E-state index in [0.717, 1.165) is 0 Å². The van der Waals surface area contributed by atoms with Crippen LogP contribution in [0.4, 0.5) is 0 Å². The van der Waals surface area contributed by atoms with Gasteiger partial charge in [0.2, 0.25) is 5.91 Å². The number of carbonyl (C=O) groups is 1. The summed E-state index contributed by atoms with van der Waals surface area (Å²) in [4.78, 5) is 9.22. The van der Waals surface area contributed by atoms with Crippen LogP contribution in [0.1, 0.15) is 42.5 Å². The number of benzene rings is 1. The minimum Gasteiger partial charge on any atom is -0.370 e. The van der Waals surface area contributed by atoms with Crippen molar-refractivity contribution in [2.45, 2.75) is 47.5 Å². The fourth-order valence-corrected chi connectivity index (χ4v) is 1.56. The van der Waals surface area contributed by atoms with E-state index >= 15 is 0 Å². The van der Waals surface area contributed by atoms with Crippen LogP contribution in [0.5, 0.6) is 0 Å². The maximum Gasteiger partial charge on any atom is 0.214 e. The molecule has 0 aliphatic rings. The maximum absolute atomic E-state index is 9.22. The zero-order chi connectivity index (χ0) is 12.7. The molecule has 0 aliphatic carbocycles. The van der Waals surface area contributed by atoms with Crippen LogP contribution < -0.4 is 5.73 Å². The smallest absolute Gasteiger partial charge is 0.214 e. The molecular formula is C14H23NO. The summed E-state index contributed by atoms with van der Waals surface area (Å²) < 4.78 is 0. The van der Waals surface area contributed by atoms with Crippen molar-refractivity contribution in [2.75, 3.05) is 0 Å². The summed E-state index contributed by atoms with van der Waals surface area (Å²) in [7, 11) is 0. The summed E-state index contributed by atoms with van der Waals surface area (Å²) in [6, 6.07) is 4.62. The SMILES string of the molecule is CC(N)=O.CCCc1cc(C)c(C)cc1C. The summed E-state index contributed by atoms with van der Waals surface area (Å²) in [6.07, 6.45) is 2.45. The fourth-order valence-electron chi connectivity index (χ4n) is 1.56. The lowest BCUT2D eigenvalue weighted by molar-refractivity contribution is -0.115. The van der Waals surface area contributed by atoms with Crippen LogP contribution in [0.15, 0.2) is 12.1 Å². The second-order valence-corrected chi connectivity index (χ2v) is 4.22. The Balaban J connectivity index is 0.000000487. The van der Waals surface area contributed by atoms with Gasteiger partial charge in [0.1, 0.15) is 0 Å². The third-order valence-electron chi connectivity index (χ3n) is 2.47. The molecule has 0 spiro atoms. The van der Waals surface area contributed by atoms with Gasteiger partial charge in [-0.3, -0.25) is 4.79 Å². The normalized spacial score (nSPS) is 9.31. The van der Waals surface area contributed by atoms with E-state index in [1.54, 1.807) is 0 Å². The Morgan fingerprint density at radius 2 is 1.56 bits per heavy atom. The summed E-state index contributed by atoms with van der Waals surface area (Å²) >= 11 is 0. The van der Waals surface area contributed by atoms with Crippen LogP contribution in [0.3, 0.4) is 0 Å². The molecule has 0 unspecified atom stereocenters. The highest BCUT2D eigenvalue weighted by Gasteiger charge is 1.99. The monoisotopic (exact) mass is 221 g/mol. The molecule has 2 heteroatoms. The fraction of sp³-hybridized carbons (Fsp3) is 0.500. The molecule has 2 N–H and O–H groups in total. The highest BCUT2D eigenvalue weighted by Crippen LogP contribution is 2.16. The highest BCUT2D eigenvalue weighted by molar-refractivity contribution is 5.70. The summed E-state index contributed by atoms with van der Waals surface area (Å²) in [5, 5.41) is 0. The van der Waals surface area contributed by atoms with E-state index in [9.17, 15) is 4.79 Å². The molecule has 0 aliphatic heterocycles. The van der Waals surface area contributed by atoms with Gasteiger partial charge in [-0.05, 0) is 49.4 Å². The first kappa shape index (κ1) is 14.7. The molecule has 0 saturated carbocycles. The second-order valence-electron chi connectivity index (χ2n) is 4.22. The molecule has 0 bridgehead atoms. The molecule has 0 fully saturated rings. The molecule has 1 aromatic rings. The molecule has 0 atom stereocenters. The number of aryl methyl sites for hydroxylation is 4. The minimum atomic E-state index is -0.333. The van der Waals surface area contributed by atoms with Crippen LogP contribution >= 0.6 is 0 Å². The number of primary amides is 1. The van der Waals surface area contributed by atoms with Gasteiger partial charge >= 0.3 is 0 Å². The van der Waals surface area contributed by atoms with Gasteiger partial charge in [-0.2, -0.15) is 0 Å². The molecule has 0 radical (unpaired) electrons. The van der Waals surface area contributed by atoms with Crippen LogP contribution in [-0.2, 0) is 11.2 Å². The van der Waals surface area contributed by atoms with Crippen LogP contribution in [0.2, 0.25) is 0 Å². The van der Waals surface area contributed by atoms with Crippen molar-refractivity contribution in [3.63, 3.8) is 0 Å². The van der Waals surface area contributed by atoms with Gasteiger partial charge in [0.05, 0.1) is 0 Å². The third-order valence-corrected chi connectivity index (χ3v) is 2.47. The number of nitrogens with two attached hydrogens (primary N) is 1. The van der Waals surface area contributed by atoms with Crippen molar-refractivity contribution >= 4 is 5.91 Å². The molecule has 1 aromatic carbocycles. The Morgan fingerprint density at radius 1 is 1.12 bits per heavy atom. The average Bonchev–Trinajstić information content (AvgIpc) is 2.13. The molecule has 90 valence electrons. The molecule has 16 heavy (non-hydrogen) atoms. The Morgan fingerprint density at radius 3 is 2.00 bits per heavy atom.